The first-order valence-corrected chi connectivity index (χ1v) is 9.01. The first-order chi connectivity index (χ1) is 12.3. The van der Waals surface area contributed by atoms with Gasteiger partial charge in [0.15, 0.2) is 6.54 Å². The van der Waals surface area contributed by atoms with Gasteiger partial charge in [-0.2, -0.15) is 4.68 Å². The number of fused-ring (bicyclic) bond motifs is 1. The van der Waals surface area contributed by atoms with Crippen LogP contribution in [0, 0.1) is 5.92 Å². The molecule has 1 atom stereocenters. The van der Waals surface area contributed by atoms with Gasteiger partial charge in [-0.3, -0.25) is 0 Å². The highest BCUT2D eigenvalue weighted by molar-refractivity contribution is 5.77. The average Bonchev–Trinajstić information content (AvgIpc) is 2.86. The Hall–Kier alpha value is -2.12. The van der Waals surface area contributed by atoms with Gasteiger partial charge >= 0.3 is 6.09 Å². The van der Waals surface area contributed by atoms with E-state index in [1.54, 1.807) is 4.90 Å². The minimum Gasteiger partial charge on any atom is -0.444 e. The van der Waals surface area contributed by atoms with E-state index in [0.29, 0.717) is 25.6 Å². The SMILES string of the molecule is CC(C)(C)OC(=O)N1CC(C[n+]2cc3ccccc3n2CC(O)CO)C1. The zero-order valence-corrected chi connectivity index (χ0v) is 15.6. The molecule has 1 unspecified atom stereocenters. The van der Waals surface area contributed by atoms with Crippen molar-refractivity contribution in [2.24, 2.45) is 5.92 Å². The molecule has 1 aliphatic rings. The third-order valence-electron chi connectivity index (χ3n) is 4.46. The maximum atomic E-state index is 12.1. The number of aromatic nitrogens is 2. The maximum Gasteiger partial charge on any atom is 0.410 e. The normalized spacial score (nSPS) is 16.6. The predicted octanol–water partition coefficient (Wildman–Crippen LogP) is 1.15. The van der Waals surface area contributed by atoms with E-state index in [0.717, 1.165) is 17.4 Å². The van der Waals surface area contributed by atoms with Crippen LogP contribution in [0.25, 0.3) is 10.9 Å². The van der Waals surface area contributed by atoms with Crippen LogP contribution in [0.4, 0.5) is 4.79 Å². The Morgan fingerprint density at radius 2 is 2.04 bits per heavy atom. The van der Waals surface area contributed by atoms with E-state index in [-0.39, 0.29) is 12.7 Å². The minimum atomic E-state index is -0.809. The van der Waals surface area contributed by atoms with E-state index in [1.165, 1.54) is 0 Å². The fraction of sp³-hybridized carbons (Fsp3) is 0.579. The van der Waals surface area contributed by atoms with Gasteiger partial charge in [0, 0.05) is 13.1 Å². The molecule has 26 heavy (non-hydrogen) atoms. The summed E-state index contributed by atoms with van der Waals surface area (Å²) in [6.07, 6.45) is 0.974. The van der Waals surface area contributed by atoms with Crippen LogP contribution in [-0.2, 0) is 17.8 Å². The van der Waals surface area contributed by atoms with Crippen LogP contribution in [0.3, 0.4) is 0 Å². The Labute approximate surface area is 153 Å². The van der Waals surface area contributed by atoms with Crippen LogP contribution in [0.5, 0.6) is 0 Å². The van der Waals surface area contributed by atoms with E-state index < -0.39 is 11.7 Å². The van der Waals surface area contributed by atoms with E-state index >= 15 is 0 Å². The second kappa shape index (κ2) is 7.25. The number of aliphatic hydroxyl groups is 2. The molecule has 3 rings (SSSR count). The molecular weight excluding hydrogens is 334 g/mol. The van der Waals surface area contributed by atoms with Crippen LogP contribution >= 0.6 is 0 Å². The highest BCUT2D eigenvalue weighted by atomic mass is 16.6. The number of carbonyl (C=O) groups is 1. The molecule has 1 aromatic carbocycles. The third-order valence-corrected chi connectivity index (χ3v) is 4.46. The quantitative estimate of drug-likeness (QED) is 0.782. The number of ether oxygens (including phenoxy) is 1. The first kappa shape index (κ1) is 18.7. The standard InChI is InChI=1S/C19H28N3O4/c1-19(2,3)26-18(25)20-8-14(9-20)10-21-11-15-6-4-5-7-17(15)22(21)12-16(24)13-23/h4-7,11,14,16,23-24H,8-10,12-13H2,1-3H3/q+1. The zero-order chi connectivity index (χ0) is 18.9. The van der Waals surface area contributed by atoms with Gasteiger partial charge in [-0.1, -0.05) is 12.1 Å². The Balaban J connectivity index is 1.68. The highest BCUT2D eigenvalue weighted by Crippen LogP contribution is 2.20. The lowest BCUT2D eigenvalue weighted by Gasteiger charge is -2.38. The van der Waals surface area contributed by atoms with Gasteiger partial charge in [0.05, 0.1) is 17.9 Å². The van der Waals surface area contributed by atoms with Crippen molar-refractivity contribution in [1.29, 1.82) is 0 Å². The van der Waals surface area contributed by atoms with E-state index in [1.807, 2.05) is 49.7 Å². The summed E-state index contributed by atoms with van der Waals surface area (Å²) in [5, 5.41) is 20.2. The van der Waals surface area contributed by atoms with Gasteiger partial charge in [-0.05, 0) is 32.9 Å². The molecule has 7 nitrogen and oxygen atoms in total. The Morgan fingerprint density at radius 3 is 2.69 bits per heavy atom. The Morgan fingerprint density at radius 1 is 1.35 bits per heavy atom. The number of rotatable bonds is 5. The van der Waals surface area contributed by atoms with Crippen LogP contribution in [0.15, 0.2) is 30.5 Å². The van der Waals surface area contributed by atoms with Gasteiger partial charge < -0.3 is 19.8 Å². The molecule has 2 heterocycles. The number of carbonyl (C=O) groups excluding carboxylic acids is 1. The second-order valence-corrected chi connectivity index (χ2v) is 7.98. The lowest BCUT2D eigenvalue weighted by molar-refractivity contribution is -0.780. The molecule has 2 N–H and O–H groups in total. The van der Waals surface area contributed by atoms with Gasteiger partial charge in [-0.25, -0.2) is 4.79 Å². The molecule has 0 aliphatic carbocycles. The lowest BCUT2D eigenvalue weighted by atomic mass is 10.0. The predicted molar refractivity (Wildman–Crippen MR) is 96.5 cm³/mol. The topological polar surface area (TPSA) is 78.8 Å². The van der Waals surface area contributed by atoms with Gasteiger partial charge in [0.2, 0.25) is 6.20 Å². The van der Waals surface area contributed by atoms with E-state index in [9.17, 15) is 15.0 Å². The van der Waals surface area contributed by atoms with Crippen molar-refractivity contribution in [3.05, 3.63) is 30.5 Å². The number of nitrogens with zero attached hydrogens (tertiary/aromatic N) is 3. The molecule has 0 saturated carbocycles. The Kier molecular flexibility index (Phi) is 5.20. The van der Waals surface area contributed by atoms with Crippen LogP contribution in [0.1, 0.15) is 20.8 Å². The van der Waals surface area contributed by atoms with E-state index in [2.05, 4.69) is 10.9 Å². The van der Waals surface area contributed by atoms with Crippen molar-refractivity contribution < 1.29 is 24.4 Å². The number of likely N-dealkylation sites (tertiary alicyclic amines) is 1. The first-order valence-electron chi connectivity index (χ1n) is 9.01. The van der Waals surface area contributed by atoms with Gasteiger partial charge in [0.1, 0.15) is 23.8 Å². The number of hydrogen-bond donors (Lipinski definition) is 2. The highest BCUT2D eigenvalue weighted by Gasteiger charge is 2.37. The minimum absolute atomic E-state index is 0.269. The fourth-order valence-electron chi connectivity index (χ4n) is 3.24. The van der Waals surface area contributed by atoms with Gasteiger partial charge in [-0.15, -0.1) is 4.68 Å². The van der Waals surface area contributed by atoms with Crippen LogP contribution in [-0.4, -0.2) is 57.3 Å². The summed E-state index contributed by atoms with van der Waals surface area (Å²) >= 11 is 0. The summed E-state index contributed by atoms with van der Waals surface area (Å²) in [6, 6.07) is 7.97. The second-order valence-electron chi connectivity index (χ2n) is 7.98. The van der Waals surface area contributed by atoms with Crippen molar-refractivity contribution in [2.45, 2.75) is 45.6 Å². The number of para-hydroxylation sites is 1. The molecule has 142 valence electrons. The Bertz CT molecular complexity index is 775. The molecule has 2 aromatic rings. The van der Waals surface area contributed by atoms with Crippen LogP contribution < -0.4 is 4.68 Å². The largest absolute Gasteiger partial charge is 0.444 e. The van der Waals surface area contributed by atoms with Crippen molar-refractivity contribution in [3.63, 3.8) is 0 Å². The molecule has 1 fully saturated rings. The summed E-state index contributed by atoms with van der Waals surface area (Å²) in [7, 11) is 0. The maximum absolute atomic E-state index is 12.1. The van der Waals surface area contributed by atoms with Crippen molar-refractivity contribution in [1.82, 2.24) is 9.58 Å². The van der Waals surface area contributed by atoms with Crippen molar-refractivity contribution in [2.75, 3.05) is 19.7 Å². The molecule has 0 radical (unpaired) electrons. The summed E-state index contributed by atoms with van der Waals surface area (Å²) in [5.74, 6) is 0.335. The average molecular weight is 362 g/mol. The summed E-state index contributed by atoms with van der Waals surface area (Å²) in [4.78, 5) is 13.8. The third kappa shape index (κ3) is 4.16. The molecule has 1 saturated heterocycles. The monoisotopic (exact) mass is 362 g/mol. The van der Waals surface area contributed by atoms with Gasteiger partial charge in [0.25, 0.3) is 0 Å². The molecule has 0 spiro atoms. The van der Waals surface area contributed by atoms with E-state index in [4.69, 9.17) is 4.74 Å². The molecule has 1 aliphatic heterocycles. The zero-order valence-electron chi connectivity index (χ0n) is 15.6. The molecule has 1 aromatic heterocycles. The number of hydrogen-bond acceptors (Lipinski definition) is 4. The smallest absolute Gasteiger partial charge is 0.410 e. The van der Waals surface area contributed by atoms with Crippen molar-refractivity contribution in [3.8, 4) is 0 Å². The van der Waals surface area contributed by atoms with Crippen molar-refractivity contribution >= 4 is 17.0 Å². The molecule has 0 bridgehead atoms. The fourth-order valence-corrected chi connectivity index (χ4v) is 3.24. The number of benzene rings is 1. The summed E-state index contributed by atoms with van der Waals surface area (Å²) in [5.41, 5.74) is 0.535. The lowest BCUT2D eigenvalue weighted by Crippen LogP contribution is -2.58. The molecule has 1 amide bonds. The molecule has 7 heteroatoms. The number of aliphatic hydroxyl groups excluding tert-OH is 2. The summed E-state index contributed by atoms with van der Waals surface area (Å²) in [6.45, 7) is 7.70. The summed E-state index contributed by atoms with van der Waals surface area (Å²) < 4.78 is 9.46. The molecular formula is C19H28N3O4+. The number of amides is 1. The van der Waals surface area contributed by atoms with Crippen LogP contribution in [0.2, 0.25) is 0 Å².